The molecule has 1 saturated carbocycles. The summed E-state index contributed by atoms with van der Waals surface area (Å²) >= 11 is 0. The quantitative estimate of drug-likeness (QED) is 0.691. The second-order valence-electron chi connectivity index (χ2n) is 7.11. The van der Waals surface area contributed by atoms with Crippen LogP contribution in [0.3, 0.4) is 0 Å². The summed E-state index contributed by atoms with van der Waals surface area (Å²) in [6, 6.07) is 0. The highest BCUT2D eigenvalue weighted by molar-refractivity contribution is 7.92. The second-order valence-corrected chi connectivity index (χ2v) is 9.51. The molecule has 21 heavy (non-hydrogen) atoms. The van der Waals surface area contributed by atoms with Crippen LogP contribution in [0.2, 0.25) is 0 Å². The average molecular weight is 317 g/mol. The average Bonchev–Trinajstić information content (AvgIpc) is 2.88. The van der Waals surface area contributed by atoms with E-state index in [1.54, 1.807) is 0 Å². The Morgan fingerprint density at radius 1 is 1.05 bits per heavy atom. The maximum Gasteiger partial charge on any atom is 0.223 e. The van der Waals surface area contributed by atoms with E-state index in [-0.39, 0.29) is 23.3 Å². The molecule has 4 nitrogen and oxygen atoms in total. The van der Waals surface area contributed by atoms with Crippen molar-refractivity contribution in [3.8, 4) is 0 Å². The van der Waals surface area contributed by atoms with E-state index in [1.807, 2.05) is 4.90 Å². The number of hydrogen-bond acceptors (Lipinski definition) is 3. The van der Waals surface area contributed by atoms with E-state index in [2.05, 4.69) is 27.7 Å². The largest absolute Gasteiger partial charge is 0.342 e. The molecule has 0 aromatic rings. The zero-order valence-corrected chi connectivity index (χ0v) is 14.8. The number of nitrogens with zero attached hydrogens (tertiary/aromatic N) is 1. The van der Waals surface area contributed by atoms with Gasteiger partial charge in [-0.2, -0.15) is 0 Å². The van der Waals surface area contributed by atoms with Crippen LogP contribution < -0.4 is 0 Å². The Bertz CT molecular complexity index is 413. The van der Waals surface area contributed by atoms with E-state index in [0.29, 0.717) is 24.9 Å². The zero-order chi connectivity index (χ0) is 16.0. The van der Waals surface area contributed by atoms with Gasteiger partial charge in [-0.05, 0) is 24.7 Å². The van der Waals surface area contributed by atoms with Crippen molar-refractivity contribution >= 4 is 15.7 Å². The number of carbonyl (C=O) groups excluding carboxylic acids is 1. The third kappa shape index (κ3) is 6.37. The number of carbonyl (C=O) groups is 1. The van der Waals surface area contributed by atoms with Crippen LogP contribution in [0.5, 0.6) is 0 Å². The SMILES string of the molecule is CC(C)CN(CC(C)C)C(=O)CCS(=O)(=O)C1CCCC1. The lowest BCUT2D eigenvalue weighted by Crippen LogP contribution is -2.38. The van der Waals surface area contributed by atoms with Crippen molar-refractivity contribution in [2.75, 3.05) is 18.8 Å². The first-order valence-corrected chi connectivity index (χ1v) is 9.93. The molecule has 0 radical (unpaired) electrons. The summed E-state index contributed by atoms with van der Waals surface area (Å²) in [6.07, 6.45) is 3.70. The van der Waals surface area contributed by atoms with E-state index >= 15 is 0 Å². The lowest BCUT2D eigenvalue weighted by Gasteiger charge is -2.26. The van der Waals surface area contributed by atoms with Gasteiger partial charge in [0.1, 0.15) is 0 Å². The number of rotatable bonds is 8. The minimum Gasteiger partial charge on any atom is -0.342 e. The summed E-state index contributed by atoms with van der Waals surface area (Å²) in [5, 5.41) is -0.200. The van der Waals surface area contributed by atoms with Crippen LogP contribution in [0.1, 0.15) is 59.8 Å². The maximum absolute atomic E-state index is 12.3. The van der Waals surface area contributed by atoms with Gasteiger partial charge >= 0.3 is 0 Å². The van der Waals surface area contributed by atoms with Gasteiger partial charge < -0.3 is 4.90 Å². The number of amides is 1. The molecular weight excluding hydrogens is 286 g/mol. The van der Waals surface area contributed by atoms with Crippen molar-refractivity contribution in [2.45, 2.75) is 65.0 Å². The summed E-state index contributed by atoms with van der Waals surface area (Å²) in [7, 11) is -3.09. The van der Waals surface area contributed by atoms with Crippen molar-refractivity contribution in [3.63, 3.8) is 0 Å². The van der Waals surface area contributed by atoms with Gasteiger partial charge in [-0.3, -0.25) is 4.79 Å². The molecule has 0 atom stereocenters. The van der Waals surface area contributed by atoms with Crippen LogP contribution in [0.25, 0.3) is 0 Å². The van der Waals surface area contributed by atoms with Crippen LogP contribution in [-0.2, 0) is 14.6 Å². The maximum atomic E-state index is 12.3. The molecule has 0 aliphatic heterocycles. The molecule has 1 fully saturated rings. The van der Waals surface area contributed by atoms with Gasteiger partial charge in [0, 0.05) is 19.5 Å². The fourth-order valence-corrected chi connectivity index (χ4v) is 4.81. The van der Waals surface area contributed by atoms with Gasteiger partial charge in [0.25, 0.3) is 0 Å². The number of sulfone groups is 1. The monoisotopic (exact) mass is 317 g/mol. The molecule has 0 unspecified atom stereocenters. The molecule has 0 saturated heterocycles. The molecule has 124 valence electrons. The molecule has 1 aliphatic carbocycles. The summed E-state index contributed by atoms with van der Waals surface area (Å²) in [6.45, 7) is 9.73. The molecular formula is C16H31NO3S. The van der Waals surface area contributed by atoms with E-state index in [4.69, 9.17) is 0 Å². The standard InChI is InChI=1S/C16H31NO3S/c1-13(2)11-17(12-14(3)4)16(18)9-10-21(19,20)15-7-5-6-8-15/h13-15H,5-12H2,1-4H3. The third-order valence-corrected chi connectivity index (χ3v) is 6.19. The van der Waals surface area contributed by atoms with E-state index < -0.39 is 9.84 Å². The van der Waals surface area contributed by atoms with Crippen molar-refractivity contribution in [1.29, 1.82) is 0 Å². The molecule has 0 spiro atoms. The van der Waals surface area contributed by atoms with E-state index in [1.165, 1.54) is 0 Å². The molecule has 0 bridgehead atoms. The minimum atomic E-state index is -3.09. The summed E-state index contributed by atoms with van der Waals surface area (Å²) in [5.41, 5.74) is 0. The number of hydrogen-bond donors (Lipinski definition) is 0. The van der Waals surface area contributed by atoms with Crippen molar-refractivity contribution in [1.82, 2.24) is 4.90 Å². The lowest BCUT2D eigenvalue weighted by molar-refractivity contribution is -0.131. The molecule has 5 heteroatoms. The molecule has 0 aromatic heterocycles. The zero-order valence-electron chi connectivity index (χ0n) is 14.0. The first-order chi connectivity index (χ1) is 9.72. The molecule has 0 heterocycles. The topological polar surface area (TPSA) is 54.5 Å². The second kappa shape index (κ2) is 8.16. The fourth-order valence-electron chi connectivity index (χ4n) is 2.96. The van der Waals surface area contributed by atoms with Gasteiger partial charge in [-0.15, -0.1) is 0 Å². The van der Waals surface area contributed by atoms with Crippen LogP contribution in [0.4, 0.5) is 0 Å². The van der Waals surface area contributed by atoms with E-state index in [9.17, 15) is 13.2 Å². The summed E-state index contributed by atoms with van der Waals surface area (Å²) in [4.78, 5) is 14.2. The molecule has 1 amide bonds. The highest BCUT2D eigenvalue weighted by Gasteiger charge is 2.29. The minimum absolute atomic E-state index is 0.0148. The molecule has 0 aromatic carbocycles. The Morgan fingerprint density at radius 2 is 1.52 bits per heavy atom. The fraction of sp³-hybridized carbons (Fsp3) is 0.938. The lowest BCUT2D eigenvalue weighted by atomic mass is 10.1. The van der Waals surface area contributed by atoms with Gasteiger partial charge in [0.05, 0.1) is 11.0 Å². The van der Waals surface area contributed by atoms with Crippen LogP contribution in [0, 0.1) is 11.8 Å². The van der Waals surface area contributed by atoms with Crippen LogP contribution in [-0.4, -0.2) is 43.3 Å². The predicted molar refractivity (Wildman–Crippen MR) is 86.9 cm³/mol. The van der Waals surface area contributed by atoms with Gasteiger partial charge in [-0.1, -0.05) is 40.5 Å². The Morgan fingerprint density at radius 3 is 1.95 bits per heavy atom. The highest BCUT2D eigenvalue weighted by Crippen LogP contribution is 2.25. The predicted octanol–water partition coefficient (Wildman–Crippen LogP) is 2.87. The van der Waals surface area contributed by atoms with Gasteiger partial charge in [0.2, 0.25) is 5.91 Å². The van der Waals surface area contributed by atoms with Gasteiger partial charge in [0.15, 0.2) is 9.84 Å². The normalized spacial score (nSPS) is 16.9. The summed E-state index contributed by atoms with van der Waals surface area (Å²) < 4.78 is 24.5. The smallest absolute Gasteiger partial charge is 0.223 e. The van der Waals surface area contributed by atoms with Crippen molar-refractivity contribution in [3.05, 3.63) is 0 Å². The van der Waals surface area contributed by atoms with Crippen LogP contribution in [0.15, 0.2) is 0 Å². The van der Waals surface area contributed by atoms with Crippen molar-refractivity contribution in [2.24, 2.45) is 11.8 Å². The Hall–Kier alpha value is -0.580. The Kier molecular flexibility index (Phi) is 7.17. The van der Waals surface area contributed by atoms with Crippen molar-refractivity contribution < 1.29 is 13.2 Å². The van der Waals surface area contributed by atoms with Gasteiger partial charge in [-0.25, -0.2) is 8.42 Å². The third-order valence-electron chi connectivity index (χ3n) is 3.93. The molecule has 1 aliphatic rings. The highest BCUT2D eigenvalue weighted by atomic mass is 32.2. The molecule has 1 rings (SSSR count). The first-order valence-electron chi connectivity index (χ1n) is 8.21. The van der Waals surface area contributed by atoms with Crippen LogP contribution >= 0.6 is 0 Å². The first kappa shape index (κ1) is 18.5. The van der Waals surface area contributed by atoms with E-state index in [0.717, 1.165) is 25.7 Å². The Labute approximate surface area is 130 Å². The summed E-state index contributed by atoms with van der Waals surface area (Å²) in [5.74, 6) is 0.806. The Balaban J connectivity index is 2.55. The molecule has 0 N–H and O–H groups in total.